The molecule has 1 atom stereocenters. The molecule has 4 heteroatoms. The van der Waals surface area contributed by atoms with Crippen molar-refractivity contribution in [1.82, 2.24) is 0 Å². The average Bonchev–Trinajstić information content (AvgIpc) is 3.23. The number of hydrogen-bond acceptors (Lipinski definition) is 1. The van der Waals surface area contributed by atoms with Crippen LogP contribution >= 0.6 is 34.8 Å². The molecule has 0 bridgehead atoms. The van der Waals surface area contributed by atoms with E-state index >= 15 is 0 Å². The van der Waals surface area contributed by atoms with Gasteiger partial charge in [-0.25, -0.2) is 0 Å². The van der Waals surface area contributed by atoms with Gasteiger partial charge in [0.2, 0.25) is 0 Å². The summed E-state index contributed by atoms with van der Waals surface area (Å²) in [4.78, 5) is 0. The zero-order chi connectivity index (χ0) is 14.1. The Kier molecular flexibility index (Phi) is 4.11. The molecule has 0 radical (unpaired) electrons. The van der Waals surface area contributed by atoms with E-state index in [1.807, 2.05) is 6.07 Å². The van der Waals surface area contributed by atoms with Crippen LogP contribution in [0.1, 0.15) is 24.4 Å². The van der Waals surface area contributed by atoms with Crippen molar-refractivity contribution in [3.63, 3.8) is 0 Å². The largest absolute Gasteiger partial charge is 0.376 e. The third-order valence-corrected chi connectivity index (χ3v) is 4.37. The highest BCUT2D eigenvalue weighted by atomic mass is 35.5. The van der Waals surface area contributed by atoms with Crippen molar-refractivity contribution >= 4 is 40.5 Å². The summed E-state index contributed by atoms with van der Waals surface area (Å²) in [6.07, 6.45) is 2.46. The molecular weight excluding hydrogens is 313 g/mol. The topological polar surface area (TPSA) is 12.0 Å². The van der Waals surface area contributed by atoms with Crippen molar-refractivity contribution in [2.75, 3.05) is 5.32 Å². The van der Waals surface area contributed by atoms with E-state index in [9.17, 15) is 0 Å². The summed E-state index contributed by atoms with van der Waals surface area (Å²) in [5.74, 6) is 0.639. The zero-order valence-corrected chi connectivity index (χ0v) is 13.0. The van der Waals surface area contributed by atoms with Gasteiger partial charge in [-0.2, -0.15) is 0 Å². The third kappa shape index (κ3) is 3.06. The van der Waals surface area contributed by atoms with Crippen molar-refractivity contribution in [2.45, 2.75) is 18.9 Å². The van der Waals surface area contributed by atoms with Gasteiger partial charge in [0.1, 0.15) is 0 Å². The summed E-state index contributed by atoms with van der Waals surface area (Å²) in [5.41, 5.74) is 2.02. The molecule has 1 unspecified atom stereocenters. The summed E-state index contributed by atoms with van der Waals surface area (Å²) in [6.45, 7) is 0. The lowest BCUT2D eigenvalue weighted by molar-refractivity contribution is 0.679. The molecule has 1 saturated carbocycles. The van der Waals surface area contributed by atoms with Crippen molar-refractivity contribution in [2.24, 2.45) is 5.92 Å². The summed E-state index contributed by atoms with van der Waals surface area (Å²) < 4.78 is 0. The van der Waals surface area contributed by atoms with Gasteiger partial charge in [-0.05, 0) is 36.5 Å². The SMILES string of the molecule is Clc1cc(Cl)c(NC(c2ccccc2)C2CC2)c(Cl)c1. The van der Waals surface area contributed by atoms with E-state index in [1.165, 1.54) is 18.4 Å². The van der Waals surface area contributed by atoms with Crippen LogP contribution in [-0.2, 0) is 0 Å². The molecule has 3 rings (SSSR count). The lowest BCUT2D eigenvalue weighted by Crippen LogP contribution is -2.13. The Balaban J connectivity index is 1.92. The van der Waals surface area contributed by atoms with E-state index in [4.69, 9.17) is 34.8 Å². The van der Waals surface area contributed by atoms with Crippen LogP contribution in [-0.4, -0.2) is 0 Å². The Bertz CT molecular complexity index is 585. The second kappa shape index (κ2) is 5.85. The van der Waals surface area contributed by atoms with Crippen LogP contribution in [0, 0.1) is 5.92 Å². The van der Waals surface area contributed by atoms with E-state index in [2.05, 4.69) is 29.6 Å². The first-order valence-electron chi connectivity index (χ1n) is 6.61. The summed E-state index contributed by atoms with van der Waals surface area (Å²) in [6, 6.07) is 14.1. The molecule has 1 aliphatic carbocycles. The van der Waals surface area contributed by atoms with Gasteiger partial charge in [0.15, 0.2) is 0 Å². The molecule has 0 spiro atoms. The van der Waals surface area contributed by atoms with Crippen molar-refractivity contribution in [3.05, 3.63) is 63.1 Å². The molecular formula is C16H14Cl3N. The third-order valence-electron chi connectivity index (χ3n) is 3.56. The van der Waals surface area contributed by atoms with Gasteiger partial charge >= 0.3 is 0 Å². The molecule has 1 nitrogen and oxygen atoms in total. The smallest absolute Gasteiger partial charge is 0.0724 e. The highest BCUT2D eigenvalue weighted by Crippen LogP contribution is 2.45. The normalized spacial score (nSPS) is 15.9. The second-order valence-corrected chi connectivity index (χ2v) is 6.37. The number of nitrogens with one attached hydrogen (secondary N) is 1. The maximum Gasteiger partial charge on any atom is 0.0724 e. The number of anilines is 1. The minimum Gasteiger partial charge on any atom is -0.376 e. The van der Waals surface area contributed by atoms with Crippen LogP contribution in [0.4, 0.5) is 5.69 Å². The van der Waals surface area contributed by atoms with Crippen LogP contribution < -0.4 is 5.32 Å². The first-order chi connectivity index (χ1) is 9.65. The van der Waals surface area contributed by atoms with Crippen molar-refractivity contribution in [1.29, 1.82) is 0 Å². The fourth-order valence-electron chi connectivity index (χ4n) is 2.40. The van der Waals surface area contributed by atoms with Gasteiger partial charge in [0.05, 0.1) is 21.8 Å². The molecule has 2 aromatic carbocycles. The highest BCUT2D eigenvalue weighted by molar-refractivity contribution is 6.41. The fraction of sp³-hybridized carbons (Fsp3) is 0.250. The first-order valence-corrected chi connectivity index (χ1v) is 7.74. The van der Waals surface area contributed by atoms with Crippen LogP contribution in [0.2, 0.25) is 15.1 Å². The van der Waals surface area contributed by atoms with Gasteiger partial charge in [0.25, 0.3) is 0 Å². The Hall–Kier alpha value is -0.890. The van der Waals surface area contributed by atoms with E-state index in [0.29, 0.717) is 21.0 Å². The van der Waals surface area contributed by atoms with E-state index in [-0.39, 0.29) is 6.04 Å². The molecule has 1 N–H and O–H groups in total. The van der Waals surface area contributed by atoms with Crippen molar-refractivity contribution in [3.8, 4) is 0 Å². The molecule has 0 heterocycles. The van der Waals surface area contributed by atoms with Gasteiger partial charge in [-0.15, -0.1) is 0 Å². The van der Waals surface area contributed by atoms with E-state index in [0.717, 1.165) is 5.69 Å². The molecule has 0 aliphatic heterocycles. The molecule has 0 amide bonds. The fourth-order valence-corrected chi connectivity index (χ4v) is 3.32. The monoisotopic (exact) mass is 325 g/mol. The first kappa shape index (κ1) is 14.1. The lowest BCUT2D eigenvalue weighted by atomic mass is 10.0. The number of halogens is 3. The van der Waals surface area contributed by atoms with Crippen LogP contribution in [0.3, 0.4) is 0 Å². The predicted molar refractivity (Wildman–Crippen MR) is 87.0 cm³/mol. The summed E-state index contributed by atoms with van der Waals surface area (Å²) in [5, 5.41) is 5.17. The maximum atomic E-state index is 6.26. The standard InChI is InChI=1S/C16H14Cl3N/c17-12-8-13(18)16(14(19)9-12)20-15(11-6-7-11)10-4-2-1-3-5-10/h1-5,8-9,11,15,20H,6-7H2. The minimum atomic E-state index is 0.243. The number of rotatable bonds is 4. The molecule has 0 saturated heterocycles. The number of benzene rings is 2. The van der Waals surface area contributed by atoms with Gasteiger partial charge in [-0.1, -0.05) is 65.1 Å². The lowest BCUT2D eigenvalue weighted by Gasteiger charge is -2.22. The second-order valence-electron chi connectivity index (χ2n) is 5.11. The quantitative estimate of drug-likeness (QED) is 0.704. The van der Waals surface area contributed by atoms with Crippen LogP contribution in [0.5, 0.6) is 0 Å². The molecule has 1 aliphatic rings. The maximum absolute atomic E-state index is 6.26. The summed E-state index contributed by atoms with van der Waals surface area (Å²) in [7, 11) is 0. The zero-order valence-electron chi connectivity index (χ0n) is 10.7. The average molecular weight is 327 g/mol. The van der Waals surface area contributed by atoms with Crippen LogP contribution in [0.25, 0.3) is 0 Å². The molecule has 20 heavy (non-hydrogen) atoms. The van der Waals surface area contributed by atoms with Crippen molar-refractivity contribution < 1.29 is 0 Å². The van der Waals surface area contributed by atoms with Gasteiger partial charge in [0, 0.05) is 5.02 Å². The Labute approximate surface area is 133 Å². The molecule has 104 valence electrons. The summed E-state index contributed by atoms with van der Waals surface area (Å²) >= 11 is 18.5. The van der Waals surface area contributed by atoms with Gasteiger partial charge < -0.3 is 5.32 Å². The van der Waals surface area contributed by atoms with Gasteiger partial charge in [-0.3, -0.25) is 0 Å². The molecule has 1 fully saturated rings. The Morgan fingerprint density at radius 3 is 2.10 bits per heavy atom. The molecule has 2 aromatic rings. The Morgan fingerprint density at radius 2 is 1.55 bits per heavy atom. The minimum absolute atomic E-state index is 0.243. The molecule has 0 aromatic heterocycles. The Morgan fingerprint density at radius 1 is 0.950 bits per heavy atom. The van der Waals surface area contributed by atoms with E-state index < -0.39 is 0 Å². The van der Waals surface area contributed by atoms with Crippen LogP contribution in [0.15, 0.2) is 42.5 Å². The number of hydrogen-bond donors (Lipinski definition) is 1. The van der Waals surface area contributed by atoms with E-state index in [1.54, 1.807) is 12.1 Å². The highest BCUT2D eigenvalue weighted by Gasteiger charge is 2.33. The predicted octanol–water partition coefficient (Wildman–Crippen LogP) is 6.21.